The van der Waals surface area contributed by atoms with Crippen LogP contribution in [-0.4, -0.2) is 24.7 Å². The van der Waals surface area contributed by atoms with Crippen LogP contribution < -0.4 is 4.72 Å². The van der Waals surface area contributed by atoms with Gasteiger partial charge in [0, 0.05) is 12.7 Å². The Kier molecular flexibility index (Phi) is 5.10. The summed E-state index contributed by atoms with van der Waals surface area (Å²) >= 11 is 0. The number of benzene rings is 1. The maximum Gasteiger partial charge on any atom is 0.435 e. The van der Waals surface area contributed by atoms with E-state index in [-0.39, 0.29) is 18.8 Å². The molecule has 2 rings (SSSR count). The Labute approximate surface area is 132 Å². The predicted octanol–water partition coefficient (Wildman–Crippen LogP) is 2.33. The third-order valence-corrected chi connectivity index (χ3v) is 4.39. The number of nitrogens with zero attached hydrogens (tertiary/aromatic N) is 2. The van der Waals surface area contributed by atoms with E-state index in [4.69, 9.17) is 0 Å². The number of halogens is 3. The van der Waals surface area contributed by atoms with Gasteiger partial charge in [0.1, 0.15) is 0 Å². The van der Waals surface area contributed by atoms with Crippen LogP contribution in [0.2, 0.25) is 0 Å². The first kappa shape index (κ1) is 17.5. The third kappa shape index (κ3) is 5.36. The van der Waals surface area contributed by atoms with Crippen LogP contribution in [-0.2, 0) is 28.5 Å². The lowest BCUT2D eigenvalue weighted by Gasteiger charge is -2.08. The molecule has 1 aromatic carbocycles. The number of sulfonamides is 1. The van der Waals surface area contributed by atoms with Gasteiger partial charge in [-0.25, -0.2) is 13.1 Å². The molecule has 0 radical (unpaired) electrons. The number of hydrogen-bond acceptors (Lipinski definition) is 3. The summed E-state index contributed by atoms with van der Waals surface area (Å²) in [6, 6.07) is 7.95. The second kappa shape index (κ2) is 6.71. The van der Waals surface area contributed by atoms with Crippen LogP contribution in [0.15, 0.2) is 36.5 Å². The highest BCUT2D eigenvalue weighted by Crippen LogP contribution is 2.27. The molecule has 0 amide bonds. The highest BCUT2D eigenvalue weighted by molar-refractivity contribution is 7.88. The lowest BCUT2D eigenvalue weighted by Crippen LogP contribution is -2.28. The van der Waals surface area contributed by atoms with Crippen LogP contribution in [0.3, 0.4) is 0 Å². The molecule has 0 bridgehead atoms. The average Bonchev–Trinajstić information content (AvgIpc) is 2.86. The number of aromatic nitrogens is 2. The minimum atomic E-state index is -4.50. The van der Waals surface area contributed by atoms with Gasteiger partial charge in [-0.3, -0.25) is 4.68 Å². The van der Waals surface area contributed by atoms with Gasteiger partial charge in [-0.1, -0.05) is 29.8 Å². The molecule has 9 heteroatoms. The second-order valence-electron chi connectivity index (χ2n) is 5.10. The van der Waals surface area contributed by atoms with Crippen molar-refractivity contribution in [1.82, 2.24) is 14.5 Å². The number of rotatable bonds is 6. The molecule has 23 heavy (non-hydrogen) atoms. The van der Waals surface area contributed by atoms with Crippen LogP contribution in [0.4, 0.5) is 13.2 Å². The molecule has 0 fully saturated rings. The maximum absolute atomic E-state index is 12.4. The number of aryl methyl sites for hydroxylation is 1. The van der Waals surface area contributed by atoms with Gasteiger partial charge in [0.2, 0.25) is 10.0 Å². The highest BCUT2D eigenvalue weighted by Gasteiger charge is 2.33. The summed E-state index contributed by atoms with van der Waals surface area (Å²) in [6.45, 7) is 1.84. The largest absolute Gasteiger partial charge is 0.435 e. The number of alkyl halides is 3. The van der Waals surface area contributed by atoms with E-state index >= 15 is 0 Å². The van der Waals surface area contributed by atoms with Gasteiger partial charge >= 0.3 is 6.18 Å². The Morgan fingerprint density at radius 2 is 2.00 bits per heavy atom. The van der Waals surface area contributed by atoms with Gasteiger partial charge in [-0.15, -0.1) is 0 Å². The molecular formula is C14H16F3N3O2S. The van der Waals surface area contributed by atoms with E-state index in [1.54, 1.807) is 18.2 Å². The molecule has 5 nitrogen and oxygen atoms in total. The Morgan fingerprint density at radius 3 is 2.61 bits per heavy atom. The summed E-state index contributed by atoms with van der Waals surface area (Å²) in [6.07, 6.45) is -3.34. The van der Waals surface area contributed by atoms with Crippen molar-refractivity contribution in [2.75, 3.05) is 6.54 Å². The van der Waals surface area contributed by atoms with Crippen molar-refractivity contribution in [2.45, 2.75) is 25.4 Å². The molecule has 1 aromatic heterocycles. The number of nitrogens with one attached hydrogen (secondary N) is 1. The summed E-state index contributed by atoms with van der Waals surface area (Å²) in [4.78, 5) is 0. The number of hydrogen-bond donors (Lipinski definition) is 1. The molecule has 126 valence electrons. The monoisotopic (exact) mass is 347 g/mol. The zero-order valence-corrected chi connectivity index (χ0v) is 13.2. The van der Waals surface area contributed by atoms with Crippen LogP contribution >= 0.6 is 0 Å². The van der Waals surface area contributed by atoms with Crippen molar-refractivity contribution in [3.8, 4) is 0 Å². The highest BCUT2D eigenvalue weighted by atomic mass is 32.2. The van der Waals surface area contributed by atoms with Gasteiger partial charge in [-0.2, -0.15) is 18.3 Å². The first-order valence-corrected chi connectivity index (χ1v) is 8.44. The van der Waals surface area contributed by atoms with Crippen LogP contribution in [0, 0.1) is 6.92 Å². The zero-order chi connectivity index (χ0) is 17.1. The summed E-state index contributed by atoms with van der Waals surface area (Å²) in [7, 11) is -3.56. The van der Waals surface area contributed by atoms with Gasteiger partial charge in [0.15, 0.2) is 5.69 Å². The zero-order valence-electron chi connectivity index (χ0n) is 12.3. The summed E-state index contributed by atoms with van der Waals surface area (Å²) in [5.41, 5.74) is 0.602. The minimum Gasteiger partial charge on any atom is -0.271 e. The SMILES string of the molecule is Cc1cccc(CS(=O)(=O)NCCn2ccc(C(F)(F)F)n2)c1. The lowest BCUT2D eigenvalue weighted by molar-refractivity contribution is -0.141. The fourth-order valence-corrected chi connectivity index (χ4v) is 3.15. The summed E-state index contributed by atoms with van der Waals surface area (Å²) in [5.74, 6) is -0.179. The Balaban J connectivity index is 1.89. The van der Waals surface area contributed by atoms with Crippen molar-refractivity contribution < 1.29 is 21.6 Å². The Hall–Kier alpha value is -1.87. The standard InChI is InChI=1S/C14H16F3N3O2S/c1-11-3-2-4-12(9-11)10-23(21,22)18-6-8-20-7-5-13(19-20)14(15,16)17/h2-5,7,9,18H,6,8,10H2,1H3. The molecule has 1 heterocycles. The molecule has 0 saturated heterocycles. The molecule has 2 aromatic rings. The predicted molar refractivity (Wildman–Crippen MR) is 79.0 cm³/mol. The molecular weight excluding hydrogens is 331 g/mol. The van der Waals surface area contributed by atoms with Gasteiger partial charge in [-0.05, 0) is 18.6 Å². The van der Waals surface area contributed by atoms with Gasteiger partial charge < -0.3 is 0 Å². The lowest BCUT2D eigenvalue weighted by atomic mass is 10.2. The van der Waals surface area contributed by atoms with E-state index in [9.17, 15) is 21.6 Å². The average molecular weight is 347 g/mol. The Morgan fingerprint density at radius 1 is 1.26 bits per heavy atom. The third-order valence-electron chi connectivity index (χ3n) is 3.03. The summed E-state index contributed by atoms with van der Waals surface area (Å²) in [5, 5.41) is 3.35. The molecule has 1 N–H and O–H groups in total. The van der Waals surface area contributed by atoms with Crippen LogP contribution in [0.5, 0.6) is 0 Å². The van der Waals surface area contributed by atoms with E-state index in [1.807, 2.05) is 13.0 Å². The van der Waals surface area contributed by atoms with Crippen LogP contribution in [0.1, 0.15) is 16.8 Å². The normalized spacial score (nSPS) is 12.5. The van der Waals surface area contributed by atoms with Crippen molar-refractivity contribution >= 4 is 10.0 Å². The van der Waals surface area contributed by atoms with E-state index in [0.717, 1.165) is 22.5 Å². The fourth-order valence-electron chi connectivity index (χ4n) is 2.03. The van der Waals surface area contributed by atoms with E-state index in [2.05, 4.69) is 9.82 Å². The quantitative estimate of drug-likeness (QED) is 0.872. The first-order chi connectivity index (χ1) is 10.7. The topological polar surface area (TPSA) is 64.0 Å². The molecule has 0 saturated carbocycles. The van der Waals surface area contributed by atoms with Crippen molar-refractivity contribution in [3.63, 3.8) is 0 Å². The molecule has 0 atom stereocenters. The molecule has 0 aliphatic carbocycles. The minimum absolute atomic E-state index is 0.0170. The van der Waals surface area contributed by atoms with E-state index < -0.39 is 21.9 Å². The van der Waals surface area contributed by atoms with Crippen molar-refractivity contribution in [1.29, 1.82) is 0 Å². The Bertz CT molecular complexity index is 770. The molecule has 0 aliphatic rings. The van der Waals surface area contributed by atoms with Crippen molar-refractivity contribution in [3.05, 3.63) is 53.3 Å². The smallest absolute Gasteiger partial charge is 0.271 e. The second-order valence-corrected chi connectivity index (χ2v) is 6.91. The maximum atomic E-state index is 12.4. The molecule has 0 unspecified atom stereocenters. The molecule has 0 spiro atoms. The van der Waals surface area contributed by atoms with Crippen molar-refractivity contribution in [2.24, 2.45) is 0 Å². The van der Waals surface area contributed by atoms with Gasteiger partial charge in [0.25, 0.3) is 0 Å². The van der Waals surface area contributed by atoms with Crippen LogP contribution in [0.25, 0.3) is 0 Å². The van der Waals surface area contributed by atoms with Gasteiger partial charge in [0.05, 0.1) is 12.3 Å². The molecule has 0 aliphatic heterocycles. The first-order valence-electron chi connectivity index (χ1n) is 6.79. The van der Waals surface area contributed by atoms with E-state index in [0.29, 0.717) is 5.56 Å². The van der Waals surface area contributed by atoms with E-state index in [1.165, 1.54) is 0 Å². The summed E-state index contributed by atoms with van der Waals surface area (Å²) < 4.78 is 64.5. The fraction of sp³-hybridized carbons (Fsp3) is 0.357.